The molecule has 4 aliphatic rings. The molecule has 0 spiro atoms. The molecule has 0 saturated carbocycles. The van der Waals surface area contributed by atoms with Crippen LogP contribution in [0.3, 0.4) is 0 Å². The molecule has 0 aromatic heterocycles. The molecule has 0 radical (unpaired) electrons. The molecule has 192 valence electrons. The van der Waals surface area contributed by atoms with Crippen molar-refractivity contribution in [1.29, 1.82) is 0 Å². The quantitative estimate of drug-likeness (QED) is 0.186. The molecule has 1 aliphatic heterocycles. The molecule has 1 amide bonds. The van der Waals surface area contributed by atoms with Crippen LogP contribution in [-0.2, 0) is 29.0 Å². The second-order valence-corrected chi connectivity index (χ2v) is 11.4. The third kappa shape index (κ3) is 3.13. The molecule has 0 saturated heterocycles. The van der Waals surface area contributed by atoms with E-state index in [2.05, 4.69) is 0 Å². The van der Waals surface area contributed by atoms with Crippen molar-refractivity contribution in [2.24, 2.45) is 17.6 Å². The molecule has 36 heavy (non-hydrogen) atoms. The highest BCUT2D eigenvalue weighted by Gasteiger charge is 2.63. The number of hydrogen-bond donors (Lipinski definition) is 5. The van der Waals surface area contributed by atoms with E-state index in [0.717, 1.165) is 0 Å². The summed E-state index contributed by atoms with van der Waals surface area (Å²) in [5.41, 5.74) is 1.82. The van der Waals surface area contributed by atoms with Crippen molar-refractivity contribution in [2.75, 3.05) is 20.6 Å². The average molecular weight is 613 g/mol. The van der Waals surface area contributed by atoms with Crippen LogP contribution < -0.4 is 5.73 Å². The van der Waals surface area contributed by atoms with Gasteiger partial charge in [0.1, 0.15) is 28.7 Å². The van der Waals surface area contributed by atoms with E-state index in [1.165, 1.54) is 4.90 Å². The van der Waals surface area contributed by atoms with E-state index in [4.69, 9.17) is 5.73 Å². The predicted octanol–water partition coefficient (Wildman–Crippen LogP) is 0.968. The molecule has 0 unspecified atom stereocenters. The number of ketones is 2. The summed E-state index contributed by atoms with van der Waals surface area (Å²) in [6.45, 7) is 0.788. The Morgan fingerprint density at radius 3 is 2.47 bits per heavy atom. The standard InChI is InChI=1S/C24H25FIN3O7/c1-28(2)17-12-6-8-5-10-14(18(30)11-7-29(26)4-3-9(11)16(10)25)19(31)13(8)21(33)24(12,36)22(34)15(20(17)32)23(27)35/h8,12,17,30,32-33,36H,3-7H2,1-2H3,(H2,27,35)/t8-,12-,17-,24-/m0/s1. The Morgan fingerprint density at radius 1 is 1.19 bits per heavy atom. The largest absolute Gasteiger partial charge is 0.510 e. The van der Waals surface area contributed by atoms with Crippen LogP contribution in [0, 0.1) is 17.7 Å². The zero-order chi connectivity index (χ0) is 26.4. The minimum Gasteiger partial charge on any atom is -0.510 e. The number of aliphatic hydroxyl groups is 3. The Hall–Kier alpha value is -2.55. The topological polar surface area (TPSA) is 165 Å². The van der Waals surface area contributed by atoms with E-state index in [9.17, 15) is 34.8 Å². The van der Waals surface area contributed by atoms with Gasteiger partial charge in [0.25, 0.3) is 5.91 Å². The van der Waals surface area contributed by atoms with Crippen molar-refractivity contribution in [3.05, 3.63) is 50.7 Å². The molecular formula is C24H25FIN3O7. The molecule has 4 atom stereocenters. The Morgan fingerprint density at radius 2 is 1.86 bits per heavy atom. The Bertz CT molecular complexity index is 1320. The molecule has 1 heterocycles. The zero-order valence-electron chi connectivity index (χ0n) is 19.5. The number of likely N-dealkylation sites (N-methyl/N-ethyl adjacent to an activating group) is 1. The number of phenolic OH excluding ortho intramolecular Hbond substituents is 1. The zero-order valence-corrected chi connectivity index (χ0v) is 21.7. The number of halogens is 2. The Kier molecular flexibility index (Phi) is 5.74. The first-order valence-corrected chi connectivity index (χ1v) is 12.4. The van der Waals surface area contributed by atoms with Crippen LogP contribution in [0.4, 0.5) is 4.39 Å². The lowest BCUT2D eigenvalue weighted by molar-refractivity contribution is -0.148. The summed E-state index contributed by atoms with van der Waals surface area (Å²) in [5.74, 6) is -7.98. The third-order valence-corrected chi connectivity index (χ3v) is 8.79. The number of nitrogens with two attached hydrogens (primary N) is 1. The van der Waals surface area contributed by atoms with E-state index < -0.39 is 63.9 Å². The lowest BCUT2D eigenvalue weighted by Gasteiger charge is -2.50. The maximum Gasteiger partial charge on any atom is 0.255 e. The van der Waals surface area contributed by atoms with Gasteiger partial charge in [-0.3, -0.25) is 19.3 Å². The number of rotatable bonds is 2. The Labute approximate surface area is 219 Å². The smallest absolute Gasteiger partial charge is 0.255 e. The number of Topliss-reactive ketones (excluding diaryl/α,β-unsaturated/α-hetero) is 2. The van der Waals surface area contributed by atoms with Crippen LogP contribution >= 0.6 is 22.9 Å². The minimum atomic E-state index is -2.72. The highest BCUT2D eigenvalue weighted by molar-refractivity contribution is 14.1. The number of primary amides is 1. The molecule has 3 aliphatic carbocycles. The van der Waals surface area contributed by atoms with Gasteiger partial charge in [-0.05, 0) is 44.8 Å². The van der Waals surface area contributed by atoms with Gasteiger partial charge in [0.2, 0.25) is 5.78 Å². The maximum atomic E-state index is 15.7. The SMILES string of the molecule is CN(C)[C@@H]1C(O)=C(C(N)=O)C(=O)[C@@]2(O)C(O)=C3C(=O)c4c(O)c5c(c(F)c4C[C@H]3C[C@@H]12)CCN(I)C5. The van der Waals surface area contributed by atoms with E-state index in [0.29, 0.717) is 18.5 Å². The van der Waals surface area contributed by atoms with E-state index in [-0.39, 0.29) is 47.4 Å². The van der Waals surface area contributed by atoms with Crippen LogP contribution in [0.1, 0.15) is 33.5 Å². The van der Waals surface area contributed by atoms with Crippen molar-refractivity contribution >= 4 is 40.3 Å². The van der Waals surface area contributed by atoms with Gasteiger partial charge in [0.15, 0.2) is 11.4 Å². The molecule has 1 aromatic rings. The van der Waals surface area contributed by atoms with Gasteiger partial charge >= 0.3 is 0 Å². The molecule has 6 N–H and O–H groups in total. The van der Waals surface area contributed by atoms with Gasteiger partial charge in [-0.2, -0.15) is 0 Å². The average Bonchev–Trinajstić information content (AvgIpc) is 2.79. The second kappa shape index (κ2) is 8.23. The summed E-state index contributed by atoms with van der Waals surface area (Å²) < 4.78 is 17.5. The van der Waals surface area contributed by atoms with Crippen molar-refractivity contribution in [3.8, 4) is 5.75 Å². The molecule has 1 aromatic carbocycles. The first-order valence-electron chi connectivity index (χ1n) is 11.4. The summed E-state index contributed by atoms with van der Waals surface area (Å²) in [6.07, 6.45) is 0.214. The minimum absolute atomic E-state index is 0.0336. The summed E-state index contributed by atoms with van der Waals surface area (Å²) >= 11 is 2.04. The number of phenols is 1. The van der Waals surface area contributed by atoms with Gasteiger partial charge in [-0.25, -0.2) is 7.50 Å². The summed E-state index contributed by atoms with van der Waals surface area (Å²) in [7, 11) is 3.10. The van der Waals surface area contributed by atoms with Gasteiger partial charge in [-0.15, -0.1) is 0 Å². The number of fused-ring (bicyclic) bond motifs is 4. The van der Waals surface area contributed by atoms with E-state index >= 15 is 4.39 Å². The van der Waals surface area contributed by atoms with Gasteiger partial charge < -0.3 is 26.2 Å². The Balaban J connectivity index is 1.73. The highest BCUT2D eigenvalue weighted by atomic mass is 127. The van der Waals surface area contributed by atoms with Crippen molar-refractivity contribution in [2.45, 2.75) is 37.5 Å². The number of aromatic hydroxyl groups is 1. The van der Waals surface area contributed by atoms with Gasteiger partial charge in [0, 0.05) is 58.6 Å². The van der Waals surface area contributed by atoms with E-state index in [1.54, 1.807) is 14.1 Å². The summed E-state index contributed by atoms with van der Waals surface area (Å²) in [6, 6.07) is -1.09. The third-order valence-electron chi connectivity index (χ3n) is 7.97. The number of hydrogen-bond acceptors (Lipinski definition) is 9. The van der Waals surface area contributed by atoms with Gasteiger partial charge in [-0.1, -0.05) is 0 Å². The maximum absolute atomic E-state index is 15.7. The molecule has 5 rings (SSSR count). The summed E-state index contributed by atoms with van der Waals surface area (Å²) in [5, 5.41) is 44.7. The van der Waals surface area contributed by atoms with E-state index in [1.807, 2.05) is 26.0 Å². The second-order valence-electron chi connectivity index (χ2n) is 10.0. The molecule has 0 bridgehead atoms. The predicted molar refractivity (Wildman–Crippen MR) is 132 cm³/mol. The normalized spacial score (nSPS) is 30.2. The van der Waals surface area contributed by atoms with Crippen LogP contribution in [-0.4, -0.2) is 78.2 Å². The fraction of sp³-hybridized carbons (Fsp3) is 0.458. The molecular weight excluding hydrogens is 588 g/mol. The fourth-order valence-electron chi connectivity index (χ4n) is 6.36. The number of aliphatic hydroxyl groups excluding tert-OH is 2. The van der Waals surface area contributed by atoms with Gasteiger partial charge in [0.05, 0.1) is 11.6 Å². The van der Waals surface area contributed by atoms with Crippen molar-refractivity contribution in [1.82, 2.24) is 8.01 Å². The van der Waals surface area contributed by atoms with Crippen LogP contribution in [0.25, 0.3) is 0 Å². The number of nitrogens with zero attached hydrogens (tertiary/aromatic N) is 2. The van der Waals surface area contributed by atoms with Crippen LogP contribution in [0.15, 0.2) is 22.7 Å². The molecule has 0 fully saturated rings. The van der Waals surface area contributed by atoms with Crippen LogP contribution in [0.5, 0.6) is 5.75 Å². The fourth-order valence-corrected chi connectivity index (χ4v) is 6.94. The monoisotopic (exact) mass is 613 g/mol. The highest BCUT2D eigenvalue weighted by Crippen LogP contribution is 2.53. The first kappa shape index (κ1) is 25.1. The number of amides is 1. The number of allylic oxidation sites excluding steroid dienone is 1. The number of carbonyl (C=O) groups is 3. The van der Waals surface area contributed by atoms with Crippen LogP contribution in [0.2, 0.25) is 0 Å². The first-order chi connectivity index (χ1) is 16.8. The lowest BCUT2D eigenvalue weighted by Crippen LogP contribution is -2.63. The summed E-state index contributed by atoms with van der Waals surface area (Å²) in [4.78, 5) is 40.5. The van der Waals surface area contributed by atoms with Crippen molar-refractivity contribution < 1.29 is 39.2 Å². The lowest BCUT2D eigenvalue weighted by atomic mass is 9.58. The number of carbonyl (C=O) groups excluding carboxylic acids is 3. The number of benzene rings is 1. The van der Waals surface area contributed by atoms with Crippen molar-refractivity contribution in [3.63, 3.8) is 0 Å². The molecule has 12 heteroatoms. The molecule has 10 nitrogen and oxygen atoms in total.